The van der Waals surface area contributed by atoms with Crippen molar-refractivity contribution in [3.05, 3.63) is 76.8 Å². The van der Waals surface area contributed by atoms with Gasteiger partial charge in [0.15, 0.2) is 17.4 Å². The maximum Gasteiger partial charge on any atom is 0.336 e. The molecule has 2 aromatic carbocycles. The molecule has 34 heavy (non-hydrogen) atoms. The monoisotopic (exact) mass is 465 g/mol. The van der Waals surface area contributed by atoms with E-state index < -0.39 is 17.6 Å². The number of H-pyrrole nitrogens is 1. The summed E-state index contributed by atoms with van der Waals surface area (Å²) in [5.41, 5.74) is 2.02. The van der Waals surface area contributed by atoms with E-state index in [1.165, 1.54) is 31.5 Å². The highest BCUT2D eigenvalue weighted by Crippen LogP contribution is 2.29. The molecule has 1 aliphatic rings. The molecule has 172 valence electrons. The number of ether oxygens (including phenoxy) is 1. The normalized spacial score (nSPS) is 12.6. The Morgan fingerprint density at radius 3 is 2.88 bits per heavy atom. The van der Waals surface area contributed by atoms with Gasteiger partial charge in [-0.25, -0.2) is 18.6 Å². The summed E-state index contributed by atoms with van der Waals surface area (Å²) < 4.78 is 38.2. The number of hydrazone groups is 1. The Morgan fingerprint density at radius 1 is 1.24 bits per heavy atom. The molecule has 2 N–H and O–H groups in total. The first-order chi connectivity index (χ1) is 16.4. The molecule has 0 amide bonds. The van der Waals surface area contributed by atoms with Gasteiger partial charge < -0.3 is 19.4 Å². The SMILES string of the molecule is COc1ccc(-c2cc(CN3Cc4[nH]c(-c5cccc(F)c5F)nc4C=N3)on2)c(C(=O)O)c1. The Labute approximate surface area is 191 Å². The number of imidazole rings is 1. The third kappa shape index (κ3) is 3.87. The molecule has 5 rings (SSSR count). The Kier molecular flexibility index (Phi) is 5.28. The quantitative estimate of drug-likeness (QED) is 0.441. The number of aromatic amines is 1. The molecule has 4 aromatic rings. The summed E-state index contributed by atoms with van der Waals surface area (Å²) in [4.78, 5) is 19.0. The summed E-state index contributed by atoms with van der Waals surface area (Å²) in [7, 11) is 1.46. The number of fused-ring (bicyclic) bond motifs is 1. The van der Waals surface area contributed by atoms with E-state index >= 15 is 0 Å². The van der Waals surface area contributed by atoms with Gasteiger partial charge in [0.25, 0.3) is 0 Å². The molecule has 0 spiro atoms. The summed E-state index contributed by atoms with van der Waals surface area (Å²) in [6, 6.07) is 10.2. The zero-order valence-corrected chi connectivity index (χ0v) is 17.7. The Balaban J connectivity index is 1.34. The van der Waals surface area contributed by atoms with Gasteiger partial charge in [-0.3, -0.25) is 5.01 Å². The van der Waals surface area contributed by atoms with E-state index in [2.05, 4.69) is 20.2 Å². The second-order valence-electron chi connectivity index (χ2n) is 7.51. The van der Waals surface area contributed by atoms with Gasteiger partial charge in [-0.1, -0.05) is 11.2 Å². The van der Waals surface area contributed by atoms with E-state index in [1.54, 1.807) is 23.2 Å². The number of hydrogen-bond donors (Lipinski definition) is 2. The number of aromatic carboxylic acids is 1. The molecule has 0 unspecified atom stereocenters. The summed E-state index contributed by atoms with van der Waals surface area (Å²) in [6.07, 6.45) is 1.51. The number of methoxy groups -OCH3 is 1. The molecule has 0 atom stereocenters. The molecule has 0 fully saturated rings. The largest absolute Gasteiger partial charge is 0.497 e. The van der Waals surface area contributed by atoms with E-state index in [0.29, 0.717) is 40.7 Å². The first kappa shape index (κ1) is 21.3. The number of nitrogens with zero attached hydrogens (tertiary/aromatic N) is 4. The van der Waals surface area contributed by atoms with Crippen molar-refractivity contribution in [2.45, 2.75) is 13.1 Å². The number of carbonyl (C=O) groups is 1. The number of benzene rings is 2. The minimum Gasteiger partial charge on any atom is -0.497 e. The highest BCUT2D eigenvalue weighted by molar-refractivity contribution is 5.96. The Morgan fingerprint density at radius 2 is 2.09 bits per heavy atom. The number of nitrogens with one attached hydrogen (secondary N) is 1. The average molecular weight is 465 g/mol. The molecule has 0 saturated carbocycles. The zero-order chi connectivity index (χ0) is 23.8. The Hall–Kier alpha value is -4.54. The number of rotatable bonds is 6. The summed E-state index contributed by atoms with van der Waals surface area (Å²) in [6.45, 7) is 0.554. The van der Waals surface area contributed by atoms with Gasteiger partial charge in [-0.2, -0.15) is 5.10 Å². The van der Waals surface area contributed by atoms with Crippen LogP contribution >= 0.6 is 0 Å². The van der Waals surface area contributed by atoms with E-state index in [9.17, 15) is 18.7 Å². The number of carboxylic acid groups (broad SMARTS) is 1. The first-order valence-corrected chi connectivity index (χ1v) is 10.1. The van der Waals surface area contributed by atoms with E-state index in [4.69, 9.17) is 9.26 Å². The van der Waals surface area contributed by atoms with Gasteiger partial charge in [-0.15, -0.1) is 0 Å². The third-order valence-electron chi connectivity index (χ3n) is 5.33. The standard InChI is InChI=1S/C23H17F2N5O4/c1-33-12-5-6-14(16(7-12)23(31)32)18-8-13(34-29-18)10-30-11-20-19(9-26-30)27-22(28-20)15-3-2-4-17(24)21(15)25/h2-9H,10-11H2,1H3,(H,27,28)(H,31,32). The minimum atomic E-state index is -1.11. The van der Waals surface area contributed by atoms with Crippen LogP contribution < -0.4 is 4.74 Å². The maximum absolute atomic E-state index is 14.1. The fourth-order valence-corrected chi connectivity index (χ4v) is 3.67. The van der Waals surface area contributed by atoms with Crippen LogP contribution in [0.1, 0.15) is 27.5 Å². The predicted octanol–water partition coefficient (Wildman–Crippen LogP) is 4.07. The number of carboxylic acids is 1. The van der Waals surface area contributed by atoms with Crippen LogP contribution in [0.2, 0.25) is 0 Å². The lowest BCUT2D eigenvalue weighted by atomic mass is 10.0. The lowest BCUT2D eigenvalue weighted by Crippen LogP contribution is -2.21. The summed E-state index contributed by atoms with van der Waals surface area (Å²) in [5, 5.41) is 19.5. The molecule has 3 heterocycles. The van der Waals surface area contributed by atoms with Crippen molar-refractivity contribution in [2.75, 3.05) is 7.11 Å². The first-order valence-electron chi connectivity index (χ1n) is 10.1. The third-order valence-corrected chi connectivity index (χ3v) is 5.33. The molecule has 11 heteroatoms. The fraction of sp³-hybridized carbons (Fsp3) is 0.130. The average Bonchev–Trinajstić information content (AvgIpc) is 3.47. The van der Waals surface area contributed by atoms with E-state index in [0.717, 1.165) is 6.07 Å². The second-order valence-corrected chi connectivity index (χ2v) is 7.51. The van der Waals surface area contributed by atoms with Crippen molar-refractivity contribution < 1.29 is 27.9 Å². The molecule has 9 nitrogen and oxygen atoms in total. The van der Waals surface area contributed by atoms with Crippen LogP contribution in [0.3, 0.4) is 0 Å². The molecule has 0 aliphatic carbocycles. The van der Waals surface area contributed by atoms with Gasteiger partial charge in [0, 0.05) is 11.6 Å². The van der Waals surface area contributed by atoms with Crippen LogP contribution in [0.5, 0.6) is 5.75 Å². The van der Waals surface area contributed by atoms with Crippen molar-refractivity contribution >= 4 is 12.2 Å². The molecule has 2 aromatic heterocycles. The summed E-state index contributed by atoms with van der Waals surface area (Å²) >= 11 is 0. The molecule has 0 bridgehead atoms. The molecular formula is C23H17F2N5O4. The topological polar surface area (TPSA) is 117 Å². The lowest BCUT2D eigenvalue weighted by molar-refractivity contribution is 0.0697. The second kappa shape index (κ2) is 8.43. The van der Waals surface area contributed by atoms with Crippen molar-refractivity contribution in [1.82, 2.24) is 20.1 Å². The van der Waals surface area contributed by atoms with Gasteiger partial charge in [0.1, 0.15) is 23.0 Å². The van der Waals surface area contributed by atoms with Crippen LogP contribution in [0.15, 0.2) is 52.1 Å². The zero-order valence-electron chi connectivity index (χ0n) is 17.7. The highest BCUT2D eigenvalue weighted by atomic mass is 19.2. The van der Waals surface area contributed by atoms with Gasteiger partial charge in [-0.05, 0) is 30.3 Å². The number of halogens is 2. The van der Waals surface area contributed by atoms with Crippen LogP contribution in [0.4, 0.5) is 8.78 Å². The van der Waals surface area contributed by atoms with Crippen molar-refractivity contribution in [3.8, 4) is 28.4 Å². The number of hydrogen-bond acceptors (Lipinski definition) is 7. The number of aromatic nitrogens is 3. The van der Waals surface area contributed by atoms with E-state index in [-0.39, 0.29) is 23.5 Å². The molecular weight excluding hydrogens is 448 g/mol. The Bertz CT molecular complexity index is 1430. The van der Waals surface area contributed by atoms with Crippen LogP contribution in [-0.2, 0) is 13.1 Å². The van der Waals surface area contributed by atoms with Crippen molar-refractivity contribution in [1.29, 1.82) is 0 Å². The maximum atomic E-state index is 14.1. The molecule has 0 saturated heterocycles. The highest BCUT2D eigenvalue weighted by Gasteiger charge is 2.22. The fourth-order valence-electron chi connectivity index (χ4n) is 3.67. The van der Waals surface area contributed by atoms with Crippen molar-refractivity contribution in [2.24, 2.45) is 5.10 Å². The van der Waals surface area contributed by atoms with Crippen LogP contribution in [0.25, 0.3) is 22.6 Å². The van der Waals surface area contributed by atoms with Crippen LogP contribution in [-0.4, -0.2) is 44.5 Å². The predicted molar refractivity (Wildman–Crippen MR) is 116 cm³/mol. The van der Waals surface area contributed by atoms with Gasteiger partial charge >= 0.3 is 5.97 Å². The smallest absolute Gasteiger partial charge is 0.336 e. The molecule has 0 radical (unpaired) electrons. The minimum absolute atomic E-state index is 0.0305. The van der Waals surface area contributed by atoms with Crippen LogP contribution in [0, 0.1) is 11.6 Å². The van der Waals surface area contributed by atoms with E-state index in [1.807, 2.05) is 0 Å². The van der Waals surface area contributed by atoms with Crippen molar-refractivity contribution in [3.63, 3.8) is 0 Å². The van der Waals surface area contributed by atoms with Gasteiger partial charge in [0.2, 0.25) is 0 Å². The molecule has 1 aliphatic heterocycles. The lowest BCUT2D eigenvalue weighted by Gasteiger charge is -2.19. The summed E-state index contributed by atoms with van der Waals surface area (Å²) in [5.74, 6) is -1.96. The van der Waals surface area contributed by atoms with Gasteiger partial charge in [0.05, 0.1) is 43.2 Å².